The molecule has 0 radical (unpaired) electrons. The first-order valence-electron chi connectivity index (χ1n) is 11.0. The second-order valence-electron chi connectivity index (χ2n) is 9.79. The van der Waals surface area contributed by atoms with E-state index in [1.54, 1.807) is 4.90 Å². The summed E-state index contributed by atoms with van der Waals surface area (Å²) >= 11 is 1.29. The quantitative estimate of drug-likeness (QED) is 0.693. The first kappa shape index (κ1) is 22.5. The minimum absolute atomic E-state index is 0.0534. The molecule has 172 valence electrons. The third kappa shape index (κ3) is 5.20. The molecule has 0 saturated carbocycles. The van der Waals surface area contributed by atoms with Crippen molar-refractivity contribution in [2.24, 2.45) is 11.3 Å². The Kier molecular flexibility index (Phi) is 6.37. The molecule has 4 rings (SSSR count). The van der Waals surface area contributed by atoms with Crippen molar-refractivity contribution in [1.29, 1.82) is 0 Å². The first-order valence-corrected chi connectivity index (χ1v) is 11.8. The van der Waals surface area contributed by atoms with Gasteiger partial charge in [0, 0.05) is 18.5 Å². The zero-order valence-electron chi connectivity index (χ0n) is 19.0. The molecule has 2 aliphatic rings. The summed E-state index contributed by atoms with van der Waals surface area (Å²) in [6.45, 7) is 9.48. The van der Waals surface area contributed by atoms with Crippen molar-refractivity contribution in [3.8, 4) is 22.1 Å². The van der Waals surface area contributed by atoms with Crippen LogP contribution in [0.5, 0.6) is 11.5 Å². The van der Waals surface area contributed by atoms with Crippen molar-refractivity contribution >= 4 is 28.3 Å². The monoisotopic (exact) mass is 458 g/mol. The number of likely N-dealkylation sites (tertiary alicyclic amines) is 1. The Morgan fingerprint density at radius 2 is 2.03 bits per heavy atom. The molecule has 1 aromatic heterocycles. The molecule has 32 heavy (non-hydrogen) atoms. The van der Waals surface area contributed by atoms with Gasteiger partial charge >= 0.3 is 0 Å². The van der Waals surface area contributed by atoms with Crippen molar-refractivity contribution in [3.63, 3.8) is 0 Å². The molecule has 2 aromatic rings. The van der Waals surface area contributed by atoms with Crippen molar-refractivity contribution in [2.75, 3.05) is 18.7 Å². The standard InChI is InChI=1S/C23H30N4O4S/c1-14(12-23(2,3)4)10-19(28)27-9-5-6-16(27)20(29)24-22-26-25-21(32-22)15-7-8-17-18(11-15)31-13-30-17/h7-8,11,14,16H,5-6,9-10,12-13H2,1-4H3,(H,24,26,29). The zero-order valence-corrected chi connectivity index (χ0v) is 19.8. The molecule has 0 aliphatic carbocycles. The fourth-order valence-electron chi connectivity index (χ4n) is 4.48. The van der Waals surface area contributed by atoms with E-state index in [1.165, 1.54) is 11.3 Å². The van der Waals surface area contributed by atoms with Crippen LogP contribution >= 0.6 is 11.3 Å². The van der Waals surface area contributed by atoms with E-state index < -0.39 is 6.04 Å². The van der Waals surface area contributed by atoms with Gasteiger partial charge in [-0.25, -0.2) is 0 Å². The Morgan fingerprint density at radius 1 is 1.25 bits per heavy atom. The minimum Gasteiger partial charge on any atom is -0.454 e. The van der Waals surface area contributed by atoms with Gasteiger partial charge in [-0.15, -0.1) is 10.2 Å². The van der Waals surface area contributed by atoms with Crippen LogP contribution in [0.15, 0.2) is 18.2 Å². The average molecular weight is 459 g/mol. The van der Waals surface area contributed by atoms with Crippen LogP contribution in [0, 0.1) is 11.3 Å². The number of nitrogens with one attached hydrogen (secondary N) is 1. The van der Waals surface area contributed by atoms with Gasteiger partial charge in [0.1, 0.15) is 11.0 Å². The Bertz CT molecular complexity index is 1000. The van der Waals surface area contributed by atoms with Gasteiger partial charge in [-0.1, -0.05) is 39.0 Å². The highest BCUT2D eigenvalue weighted by molar-refractivity contribution is 7.18. The summed E-state index contributed by atoms with van der Waals surface area (Å²) in [6.07, 6.45) is 2.93. The number of nitrogens with zero attached hydrogens (tertiary/aromatic N) is 3. The number of carbonyl (C=O) groups is 2. The van der Waals surface area contributed by atoms with Crippen LogP contribution in [-0.4, -0.2) is 46.3 Å². The lowest BCUT2D eigenvalue weighted by molar-refractivity contribution is -0.137. The summed E-state index contributed by atoms with van der Waals surface area (Å²) in [7, 11) is 0. The van der Waals surface area contributed by atoms with Gasteiger partial charge in [0.25, 0.3) is 0 Å². The Morgan fingerprint density at radius 3 is 2.81 bits per heavy atom. The summed E-state index contributed by atoms with van der Waals surface area (Å²) in [5.41, 5.74) is 1.02. The maximum Gasteiger partial charge on any atom is 0.249 e. The normalized spacial score (nSPS) is 18.6. The van der Waals surface area contributed by atoms with Crippen LogP contribution in [0.1, 0.15) is 53.4 Å². The number of rotatable bonds is 6. The minimum atomic E-state index is -0.456. The van der Waals surface area contributed by atoms with Crippen LogP contribution in [0.25, 0.3) is 10.6 Å². The second-order valence-corrected chi connectivity index (χ2v) is 10.8. The number of anilines is 1. The average Bonchev–Trinajstić information content (AvgIpc) is 3.45. The predicted molar refractivity (Wildman–Crippen MR) is 123 cm³/mol. The molecule has 9 heteroatoms. The molecule has 1 saturated heterocycles. The van der Waals surface area contributed by atoms with Gasteiger partial charge in [-0.3, -0.25) is 14.9 Å². The third-order valence-corrected chi connectivity index (χ3v) is 6.52. The Balaban J connectivity index is 1.37. The molecule has 2 aliphatic heterocycles. The maximum absolute atomic E-state index is 12.9. The topological polar surface area (TPSA) is 93.7 Å². The molecule has 8 nitrogen and oxygen atoms in total. The van der Waals surface area contributed by atoms with Gasteiger partial charge in [0.2, 0.25) is 23.7 Å². The molecule has 1 N–H and O–H groups in total. The molecular formula is C23H30N4O4S. The van der Waals surface area contributed by atoms with Crippen molar-refractivity contribution in [1.82, 2.24) is 15.1 Å². The van der Waals surface area contributed by atoms with E-state index in [-0.39, 0.29) is 29.9 Å². The molecule has 0 spiro atoms. The van der Waals surface area contributed by atoms with Gasteiger partial charge in [0.15, 0.2) is 11.5 Å². The summed E-state index contributed by atoms with van der Waals surface area (Å²) in [6, 6.07) is 5.11. The smallest absolute Gasteiger partial charge is 0.249 e. The summed E-state index contributed by atoms with van der Waals surface area (Å²) in [5, 5.41) is 12.3. The van der Waals surface area contributed by atoms with E-state index >= 15 is 0 Å². The van der Waals surface area contributed by atoms with E-state index in [4.69, 9.17) is 9.47 Å². The highest BCUT2D eigenvalue weighted by atomic mass is 32.1. The molecule has 2 amide bonds. The number of hydrogen-bond donors (Lipinski definition) is 1. The van der Waals surface area contributed by atoms with E-state index in [0.29, 0.717) is 41.0 Å². The molecule has 1 aromatic carbocycles. The number of ether oxygens (including phenoxy) is 2. The van der Waals surface area contributed by atoms with Crippen LogP contribution in [0.2, 0.25) is 0 Å². The number of aromatic nitrogens is 2. The largest absolute Gasteiger partial charge is 0.454 e. The Labute approximate surface area is 192 Å². The lowest BCUT2D eigenvalue weighted by Crippen LogP contribution is -2.43. The molecule has 1 fully saturated rings. The number of fused-ring (bicyclic) bond motifs is 1. The molecule has 2 atom stereocenters. The first-order chi connectivity index (χ1) is 15.2. The number of amides is 2. The molecule has 2 unspecified atom stereocenters. The van der Waals surface area contributed by atoms with Crippen LogP contribution in [-0.2, 0) is 9.59 Å². The van der Waals surface area contributed by atoms with Crippen LogP contribution in [0.4, 0.5) is 5.13 Å². The Hall–Kier alpha value is -2.68. The van der Waals surface area contributed by atoms with Crippen molar-refractivity contribution in [3.05, 3.63) is 18.2 Å². The second kappa shape index (κ2) is 9.05. The summed E-state index contributed by atoms with van der Waals surface area (Å²) < 4.78 is 10.8. The summed E-state index contributed by atoms with van der Waals surface area (Å²) in [4.78, 5) is 27.6. The van der Waals surface area contributed by atoms with Crippen LogP contribution in [0.3, 0.4) is 0 Å². The maximum atomic E-state index is 12.9. The number of benzene rings is 1. The van der Waals surface area contributed by atoms with Gasteiger partial charge in [-0.2, -0.15) is 0 Å². The van der Waals surface area contributed by atoms with Gasteiger partial charge in [-0.05, 0) is 48.8 Å². The van der Waals surface area contributed by atoms with E-state index in [1.807, 2.05) is 18.2 Å². The lowest BCUT2D eigenvalue weighted by atomic mass is 9.84. The van der Waals surface area contributed by atoms with Gasteiger partial charge in [0.05, 0.1) is 0 Å². The van der Waals surface area contributed by atoms with Crippen molar-refractivity contribution < 1.29 is 19.1 Å². The molecule has 0 bridgehead atoms. The highest BCUT2D eigenvalue weighted by Gasteiger charge is 2.35. The number of carbonyl (C=O) groups excluding carboxylic acids is 2. The van der Waals surface area contributed by atoms with E-state index in [2.05, 4.69) is 43.2 Å². The predicted octanol–water partition coefficient (Wildman–Crippen LogP) is 4.33. The van der Waals surface area contributed by atoms with Crippen molar-refractivity contribution in [2.45, 2.75) is 59.4 Å². The van der Waals surface area contributed by atoms with Gasteiger partial charge < -0.3 is 14.4 Å². The molecular weight excluding hydrogens is 428 g/mol. The number of hydrogen-bond acceptors (Lipinski definition) is 7. The zero-order chi connectivity index (χ0) is 22.9. The van der Waals surface area contributed by atoms with E-state index in [9.17, 15) is 9.59 Å². The fourth-order valence-corrected chi connectivity index (χ4v) is 5.22. The summed E-state index contributed by atoms with van der Waals surface area (Å²) in [5.74, 6) is 1.50. The third-order valence-electron chi connectivity index (χ3n) is 5.63. The van der Waals surface area contributed by atoms with Crippen LogP contribution < -0.4 is 14.8 Å². The molecule has 3 heterocycles. The highest BCUT2D eigenvalue weighted by Crippen LogP contribution is 2.37. The lowest BCUT2D eigenvalue weighted by Gasteiger charge is -2.27. The fraction of sp³-hybridized carbons (Fsp3) is 0.565. The van der Waals surface area contributed by atoms with E-state index in [0.717, 1.165) is 18.4 Å². The SMILES string of the molecule is CC(CC(=O)N1CCCC1C(=O)Nc1nnc(-c2ccc3c(c2)OCO3)s1)CC(C)(C)C.